The Morgan fingerprint density at radius 1 is 1.69 bits per heavy atom. The summed E-state index contributed by atoms with van der Waals surface area (Å²) in [4.78, 5) is 18.0. The van der Waals surface area contributed by atoms with E-state index in [9.17, 15) is 4.79 Å². The molecule has 0 saturated carbocycles. The molecular formula is C8H14N4O. The van der Waals surface area contributed by atoms with Crippen molar-refractivity contribution < 1.29 is 4.79 Å². The van der Waals surface area contributed by atoms with Crippen molar-refractivity contribution in [2.45, 2.75) is 13.3 Å². The highest BCUT2D eigenvalue weighted by Gasteiger charge is 1.98. The molecule has 2 amide bonds. The molecule has 0 fully saturated rings. The number of carbonyl (C=O) groups is 1. The first-order chi connectivity index (χ1) is 6.22. The highest BCUT2D eigenvalue weighted by Crippen LogP contribution is 1.94. The predicted molar refractivity (Wildman–Crippen MR) is 49.5 cm³/mol. The predicted octanol–water partition coefficient (Wildman–Crippen LogP) is 0.190. The molecule has 1 aromatic heterocycles. The topological polar surface area (TPSA) is 69.8 Å². The summed E-state index contributed by atoms with van der Waals surface area (Å²) in [7, 11) is 1.59. The van der Waals surface area contributed by atoms with E-state index in [-0.39, 0.29) is 6.03 Å². The van der Waals surface area contributed by atoms with Gasteiger partial charge < -0.3 is 15.6 Å². The fourth-order valence-corrected chi connectivity index (χ4v) is 0.977. The van der Waals surface area contributed by atoms with Crippen LogP contribution in [0.1, 0.15) is 11.5 Å². The van der Waals surface area contributed by atoms with Gasteiger partial charge in [-0.2, -0.15) is 0 Å². The molecule has 0 saturated heterocycles. The molecule has 1 heterocycles. The van der Waals surface area contributed by atoms with Crippen LogP contribution < -0.4 is 10.6 Å². The van der Waals surface area contributed by atoms with Crippen molar-refractivity contribution >= 4 is 6.03 Å². The van der Waals surface area contributed by atoms with E-state index < -0.39 is 0 Å². The number of hydrogen-bond donors (Lipinski definition) is 3. The second kappa shape index (κ2) is 4.49. The number of nitrogens with zero attached hydrogens (tertiary/aromatic N) is 1. The summed E-state index contributed by atoms with van der Waals surface area (Å²) in [5.74, 6) is 0.897. The lowest BCUT2D eigenvalue weighted by atomic mass is 10.4. The van der Waals surface area contributed by atoms with Crippen molar-refractivity contribution in [3.8, 4) is 0 Å². The molecule has 0 spiro atoms. The number of urea groups is 1. The summed E-state index contributed by atoms with van der Waals surface area (Å²) in [5.41, 5.74) is 1.04. The Balaban J connectivity index is 2.24. The monoisotopic (exact) mass is 182 g/mol. The average molecular weight is 182 g/mol. The van der Waals surface area contributed by atoms with E-state index in [2.05, 4.69) is 20.6 Å². The summed E-state index contributed by atoms with van der Waals surface area (Å²) >= 11 is 0. The number of aryl methyl sites for hydroxylation is 1. The van der Waals surface area contributed by atoms with Crippen LogP contribution in [0.15, 0.2) is 6.20 Å². The van der Waals surface area contributed by atoms with Gasteiger partial charge in [0, 0.05) is 31.9 Å². The Kier molecular flexibility index (Phi) is 3.31. The van der Waals surface area contributed by atoms with E-state index in [0.717, 1.165) is 17.9 Å². The van der Waals surface area contributed by atoms with Crippen LogP contribution in [0.3, 0.4) is 0 Å². The fourth-order valence-electron chi connectivity index (χ4n) is 0.977. The van der Waals surface area contributed by atoms with Gasteiger partial charge in [-0.3, -0.25) is 0 Å². The molecule has 3 N–H and O–H groups in total. The first-order valence-electron chi connectivity index (χ1n) is 4.18. The van der Waals surface area contributed by atoms with Gasteiger partial charge in [0.05, 0.1) is 0 Å². The van der Waals surface area contributed by atoms with Crippen LogP contribution in [-0.2, 0) is 6.42 Å². The second-order valence-corrected chi connectivity index (χ2v) is 2.77. The molecule has 5 nitrogen and oxygen atoms in total. The lowest BCUT2D eigenvalue weighted by Crippen LogP contribution is -2.34. The van der Waals surface area contributed by atoms with Gasteiger partial charge >= 0.3 is 6.03 Å². The molecule has 0 aliphatic heterocycles. The molecule has 0 radical (unpaired) electrons. The van der Waals surface area contributed by atoms with Crippen molar-refractivity contribution in [3.63, 3.8) is 0 Å². The normalized spacial score (nSPS) is 9.69. The molecule has 13 heavy (non-hydrogen) atoms. The summed E-state index contributed by atoms with van der Waals surface area (Å²) in [6.07, 6.45) is 2.50. The van der Waals surface area contributed by atoms with Crippen molar-refractivity contribution in [1.29, 1.82) is 0 Å². The molecule has 0 bridgehead atoms. The minimum atomic E-state index is -0.164. The number of H-pyrrole nitrogens is 1. The van der Waals surface area contributed by atoms with E-state index in [1.165, 1.54) is 0 Å². The van der Waals surface area contributed by atoms with Crippen LogP contribution in [0.4, 0.5) is 4.79 Å². The highest BCUT2D eigenvalue weighted by atomic mass is 16.2. The van der Waals surface area contributed by atoms with Gasteiger partial charge in [0.15, 0.2) is 0 Å². The molecule has 0 aromatic carbocycles. The largest absolute Gasteiger partial charge is 0.346 e. The maximum absolute atomic E-state index is 10.8. The lowest BCUT2D eigenvalue weighted by molar-refractivity contribution is 0.243. The van der Waals surface area contributed by atoms with Gasteiger partial charge in [-0.1, -0.05) is 0 Å². The molecule has 0 unspecified atom stereocenters. The van der Waals surface area contributed by atoms with Gasteiger partial charge in [-0.15, -0.1) is 0 Å². The second-order valence-electron chi connectivity index (χ2n) is 2.77. The molecule has 0 aliphatic rings. The van der Waals surface area contributed by atoms with Crippen LogP contribution >= 0.6 is 0 Å². The third kappa shape index (κ3) is 3.14. The van der Waals surface area contributed by atoms with Crippen LogP contribution in [0.25, 0.3) is 0 Å². The minimum Gasteiger partial charge on any atom is -0.346 e. The number of amides is 2. The number of aromatic amines is 1. The van der Waals surface area contributed by atoms with Crippen molar-refractivity contribution in [1.82, 2.24) is 20.6 Å². The maximum Gasteiger partial charge on any atom is 0.314 e. The zero-order valence-corrected chi connectivity index (χ0v) is 7.85. The Morgan fingerprint density at radius 3 is 3.00 bits per heavy atom. The number of hydrogen-bond acceptors (Lipinski definition) is 2. The van der Waals surface area contributed by atoms with E-state index in [1.807, 2.05) is 6.92 Å². The molecule has 1 aromatic rings. The van der Waals surface area contributed by atoms with Gasteiger partial charge in [-0.25, -0.2) is 9.78 Å². The van der Waals surface area contributed by atoms with Crippen LogP contribution in [0, 0.1) is 6.92 Å². The highest BCUT2D eigenvalue weighted by molar-refractivity contribution is 5.73. The quantitative estimate of drug-likeness (QED) is 0.624. The van der Waals surface area contributed by atoms with Gasteiger partial charge in [-0.05, 0) is 6.92 Å². The third-order valence-corrected chi connectivity index (χ3v) is 1.63. The molecule has 72 valence electrons. The van der Waals surface area contributed by atoms with Crippen molar-refractivity contribution in [2.24, 2.45) is 0 Å². The van der Waals surface area contributed by atoms with E-state index in [1.54, 1.807) is 13.2 Å². The SMILES string of the molecule is CNC(=O)NCCc1ncc(C)[nH]1. The standard InChI is InChI=1S/C8H14N4O/c1-6-5-11-7(12-6)3-4-10-8(13)9-2/h5H,3-4H2,1-2H3,(H,11,12)(H2,9,10,13). The van der Waals surface area contributed by atoms with Gasteiger partial charge in [0.1, 0.15) is 5.82 Å². The summed E-state index contributed by atoms with van der Waals surface area (Å²) in [6, 6.07) is -0.164. The zero-order chi connectivity index (χ0) is 9.68. The fraction of sp³-hybridized carbons (Fsp3) is 0.500. The van der Waals surface area contributed by atoms with Crippen LogP contribution in [0.5, 0.6) is 0 Å². The third-order valence-electron chi connectivity index (χ3n) is 1.63. The minimum absolute atomic E-state index is 0.164. The summed E-state index contributed by atoms with van der Waals surface area (Å²) in [6.45, 7) is 2.54. The summed E-state index contributed by atoms with van der Waals surface area (Å²) in [5, 5.41) is 5.16. The number of rotatable bonds is 3. The van der Waals surface area contributed by atoms with Crippen molar-refractivity contribution in [2.75, 3.05) is 13.6 Å². The van der Waals surface area contributed by atoms with Gasteiger partial charge in [0.25, 0.3) is 0 Å². The number of carbonyl (C=O) groups excluding carboxylic acids is 1. The Labute approximate surface area is 76.9 Å². The lowest BCUT2D eigenvalue weighted by Gasteiger charge is -2.01. The number of nitrogens with one attached hydrogen (secondary N) is 3. The zero-order valence-electron chi connectivity index (χ0n) is 7.85. The average Bonchev–Trinajstić information content (AvgIpc) is 2.51. The molecule has 5 heteroatoms. The number of imidazole rings is 1. The first-order valence-corrected chi connectivity index (χ1v) is 4.18. The molecule has 1 rings (SSSR count). The van der Waals surface area contributed by atoms with E-state index in [4.69, 9.17) is 0 Å². The summed E-state index contributed by atoms with van der Waals surface area (Å²) < 4.78 is 0. The molecule has 0 aliphatic carbocycles. The number of aromatic nitrogens is 2. The maximum atomic E-state index is 10.8. The Hall–Kier alpha value is -1.52. The Bertz CT molecular complexity index is 281. The van der Waals surface area contributed by atoms with Crippen LogP contribution in [-0.4, -0.2) is 29.6 Å². The smallest absolute Gasteiger partial charge is 0.314 e. The Morgan fingerprint density at radius 2 is 2.46 bits per heavy atom. The van der Waals surface area contributed by atoms with Gasteiger partial charge in [0.2, 0.25) is 0 Å². The van der Waals surface area contributed by atoms with E-state index in [0.29, 0.717) is 6.54 Å². The molecular weight excluding hydrogens is 168 g/mol. The first kappa shape index (κ1) is 9.57. The molecule has 0 atom stereocenters. The van der Waals surface area contributed by atoms with Crippen molar-refractivity contribution in [3.05, 3.63) is 17.7 Å². The van der Waals surface area contributed by atoms with E-state index >= 15 is 0 Å². The van der Waals surface area contributed by atoms with Crippen LogP contribution in [0.2, 0.25) is 0 Å².